The Kier molecular flexibility index (Phi) is 7.35. The Hall–Kier alpha value is -1.60. The quantitative estimate of drug-likeness (QED) is 0.185. The SMILES string of the molecule is [N-]=[N+]=NCCCCNC(=O)CCCC[C@@H]1SC[C@@H]2NC(=O)N[C@H]21. The van der Waals surface area contributed by atoms with Crippen molar-refractivity contribution in [2.45, 2.75) is 55.9 Å². The van der Waals surface area contributed by atoms with Crippen LogP contribution in [0.4, 0.5) is 4.79 Å². The van der Waals surface area contributed by atoms with Gasteiger partial charge in [0.05, 0.1) is 12.1 Å². The van der Waals surface area contributed by atoms with Crippen LogP contribution in [0.2, 0.25) is 0 Å². The third-order valence-corrected chi connectivity index (χ3v) is 5.66. The first-order valence-corrected chi connectivity index (χ1v) is 9.22. The first kappa shape index (κ1) is 17.7. The molecule has 2 aliphatic heterocycles. The molecule has 2 heterocycles. The van der Waals surface area contributed by atoms with Gasteiger partial charge in [0, 0.05) is 35.4 Å². The normalized spacial score (nSPS) is 25.2. The number of azide groups is 1. The van der Waals surface area contributed by atoms with Gasteiger partial charge in [-0.05, 0) is 31.2 Å². The molecule has 0 spiro atoms. The number of thioether (sulfide) groups is 1. The molecule has 3 atom stereocenters. The predicted octanol–water partition coefficient (Wildman–Crippen LogP) is 1.92. The molecule has 0 saturated carbocycles. The van der Waals surface area contributed by atoms with Crippen LogP contribution in [0.25, 0.3) is 10.4 Å². The van der Waals surface area contributed by atoms with E-state index in [0.717, 1.165) is 37.9 Å². The van der Waals surface area contributed by atoms with E-state index in [1.54, 1.807) is 0 Å². The number of amides is 3. The third-order valence-electron chi connectivity index (χ3n) is 4.15. The van der Waals surface area contributed by atoms with Gasteiger partial charge in [-0.15, -0.1) is 0 Å². The molecule has 2 saturated heterocycles. The molecule has 0 aromatic carbocycles. The second-order valence-electron chi connectivity index (χ2n) is 5.88. The van der Waals surface area contributed by atoms with E-state index >= 15 is 0 Å². The molecular formula is C14H24N6O2S. The fourth-order valence-corrected chi connectivity index (χ4v) is 4.49. The summed E-state index contributed by atoms with van der Waals surface area (Å²) in [5.41, 5.74) is 8.14. The second kappa shape index (κ2) is 9.52. The van der Waals surface area contributed by atoms with Crippen molar-refractivity contribution in [3.05, 3.63) is 10.4 Å². The van der Waals surface area contributed by atoms with Crippen molar-refractivity contribution in [2.75, 3.05) is 18.8 Å². The van der Waals surface area contributed by atoms with Crippen molar-refractivity contribution < 1.29 is 9.59 Å². The zero-order valence-electron chi connectivity index (χ0n) is 13.2. The van der Waals surface area contributed by atoms with E-state index < -0.39 is 0 Å². The number of carbonyl (C=O) groups excluding carboxylic acids is 2. The smallest absolute Gasteiger partial charge is 0.315 e. The second-order valence-corrected chi connectivity index (χ2v) is 7.15. The maximum atomic E-state index is 11.7. The van der Waals surface area contributed by atoms with Crippen LogP contribution in [0, 0.1) is 0 Å². The highest BCUT2D eigenvalue weighted by Crippen LogP contribution is 2.33. The first-order chi connectivity index (χ1) is 11.2. The van der Waals surface area contributed by atoms with Crippen LogP contribution in [0.15, 0.2) is 5.11 Å². The summed E-state index contributed by atoms with van der Waals surface area (Å²) in [4.78, 5) is 25.7. The molecule has 0 unspecified atom stereocenters. The Morgan fingerprint density at radius 1 is 1.35 bits per heavy atom. The van der Waals surface area contributed by atoms with Crippen LogP contribution in [0.5, 0.6) is 0 Å². The summed E-state index contributed by atoms with van der Waals surface area (Å²) < 4.78 is 0. The van der Waals surface area contributed by atoms with Crippen molar-refractivity contribution in [1.29, 1.82) is 0 Å². The average molecular weight is 340 g/mol. The number of urea groups is 1. The van der Waals surface area contributed by atoms with Crippen LogP contribution >= 0.6 is 11.8 Å². The van der Waals surface area contributed by atoms with Crippen LogP contribution in [-0.4, -0.2) is 48.1 Å². The summed E-state index contributed by atoms with van der Waals surface area (Å²) in [6, 6.07) is 0.466. The van der Waals surface area contributed by atoms with Crippen molar-refractivity contribution >= 4 is 23.7 Å². The summed E-state index contributed by atoms with van der Waals surface area (Å²) in [7, 11) is 0. The van der Waals surface area contributed by atoms with Crippen molar-refractivity contribution in [3.8, 4) is 0 Å². The van der Waals surface area contributed by atoms with E-state index in [1.807, 2.05) is 11.8 Å². The number of carbonyl (C=O) groups is 2. The third kappa shape index (κ3) is 5.84. The lowest BCUT2D eigenvalue weighted by Crippen LogP contribution is -2.36. The number of rotatable bonds is 10. The number of fused-ring (bicyclic) bond motifs is 1. The van der Waals surface area contributed by atoms with E-state index in [9.17, 15) is 9.59 Å². The molecule has 23 heavy (non-hydrogen) atoms. The van der Waals surface area contributed by atoms with Crippen LogP contribution in [0.1, 0.15) is 38.5 Å². The molecule has 2 rings (SSSR count). The van der Waals surface area contributed by atoms with E-state index in [-0.39, 0.29) is 24.0 Å². The molecule has 0 aromatic heterocycles. The van der Waals surface area contributed by atoms with E-state index in [2.05, 4.69) is 26.0 Å². The number of unbranched alkanes of at least 4 members (excludes halogenated alkanes) is 2. The molecule has 3 amide bonds. The Morgan fingerprint density at radius 2 is 2.22 bits per heavy atom. The number of nitrogens with one attached hydrogen (secondary N) is 3. The van der Waals surface area contributed by atoms with Gasteiger partial charge in [0.2, 0.25) is 5.91 Å². The topological polar surface area (TPSA) is 119 Å². The highest BCUT2D eigenvalue weighted by Gasteiger charge is 2.42. The minimum atomic E-state index is -0.0508. The Balaban J connectivity index is 1.48. The van der Waals surface area contributed by atoms with E-state index in [0.29, 0.717) is 24.8 Å². The summed E-state index contributed by atoms with van der Waals surface area (Å²) in [6.45, 7) is 1.12. The standard InChI is InChI=1S/C14H24N6O2S/c15-20-17-8-4-3-7-16-12(21)6-2-1-5-11-13-10(9-23-11)18-14(22)19-13/h10-11,13H,1-9H2,(H,16,21)(H2,18,19,22)/t10-,11-,13+/m0/s1. The molecule has 128 valence electrons. The zero-order valence-corrected chi connectivity index (χ0v) is 14.0. The maximum Gasteiger partial charge on any atom is 0.315 e. The van der Waals surface area contributed by atoms with Crippen molar-refractivity contribution in [1.82, 2.24) is 16.0 Å². The average Bonchev–Trinajstić information content (AvgIpc) is 3.07. The van der Waals surface area contributed by atoms with Gasteiger partial charge < -0.3 is 16.0 Å². The summed E-state index contributed by atoms with van der Waals surface area (Å²) in [6.07, 6.45) is 5.09. The number of hydrogen-bond acceptors (Lipinski definition) is 4. The molecule has 3 N–H and O–H groups in total. The molecule has 9 heteroatoms. The lowest BCUT2D eigenvalue weighted by molar-refractivity contribution is -0.121. The Labute approximate surface area is 140 Å². The molecule has 0 aliphatic carbocycles. The van der Waals surface area contributed by atoms with Gasteiger partial charge in [-0.25, -0.2) is 4.79 Å². The van der Waals surface area contributed by atoms with Crippen LogP contribution in [0.3, 0.4) is 0 Å². The molecular weight excluding hydrogens is 316 g/mol. The van der Waals surface area contributed by atoms with Gasteiger partial charge in [0.25, 0.3) is 0 Å². The highest BCUT2D eigenvalue weighted by molar-refractivity contribution is 8.00. The van der Waals surface area contributed by atoms with Crippen molar-refractivity contribution in [3.63, 3.8) is 0 Å². The number of hydrogen-bond donors (Lipinski definition) is 3. The minimum absolute atomic E-state index is 0.0508. The lowest BCUT2D eigenvalue weighted by atomic mass is 10.0. The molecule has 0 bridgehead atoms. The van der Waals surface area contributed by atoms with Gasteiger partial charge in [-0.1, -0.05) is 11.5 Å². The monoisotopic (exact) mass is 340 g/mol. The van der Waals surface area contributed by atoms with Gasteiger partial charge in [-0.2, -0.15) is 11.8 Å². The number of nitrogens with zero attached hydrogens (tertiary/aromatic N) is 3. The van der Waals surface area contributed by atoms with E-state index in [4.69, 9.17) is 5.53 Å². The van der Waals surface area contributed by atoms with Gasteiger partial charge in [0.15, 0.2) is 0 Å². The minimum Gasteiger partial charge on any atom is -0.356 e. The summed E-state index contributed by atoms with van der Waals surface area (Å²) in [5.74, 6) is 1.06. The molecule has 8 nitrogen and oxygen atoms in total. The maximum absolute atomic E-state index is 11.7. The summed E-state index contributed by atoms with van der Waals surface area (Å²) >= 11 is 1.91. The molecule has 0 radical (unpaired) electrons. The Morgan fingerprint density at radius 3 is 3.04 bits per heavy atom. The molecule has 2 aliphatic rings. The van der Waals surface area contributed by atoms with Crippen LogP contribution < -0.4 is 16.0 Å². The van der Waals surface area contributed by atoms with Gasteiger partial charge in [0.1, 0.15) is 0 Å². The molecule has 0 aromatic rings. The largest absolute Gasteiger partial charge is 0.356 e. The van der Waals surface area contributed by atoms with Gasteiger partial charge >= 0.3 is 6.03 Å². The summed E-state index contributed by atoms with van der Waals surface area (Å²) in [5, 5.41) is 12.7. The van der Waals surface area contributed by atoms with Crippen molar-refractivity contribution in [2.24, 2.45) is 5.11 Å². The van der Waals surface area contributed by atoms with Crippen LogP contribution in [-0.2, 0) is 4.79 Å². The fourth-order valence-electron chi connectivity index (χ4n) is 2.94. The first-order valence-electron chi connectivity index (χ1n) is 8.17. The van der Waals surface area contributed by atoms with Gasteiger partial charge in [-0.3, -0.25) is 4.79 Å². The highest BCUT2D eigenvalue weighted by atomic mass is 32.2. The van der Waals surface area contributed by atoms with E-state index in [1.165, 1.54) is 0 Å². The zero-order chi connectivity index (χ0) is 16.5. The lowest BCUT2D eigenvalue weighted by Gasteiger charge is -2.16. The predicted molar refractivity (Wildman–Crippen MR) is 90.2 cm³/mol. The molecule has 2 fully saturated rings. The fraction of sp³-hybridized carbons (Fsp3) is 0.857. The Bertz CT molecular complexity index is 468.